The molecule has 0 radical (unpaired) electrons. The second-order valence-corrected chi connectivity index (χ2v) is 8.01. The lowest BCUT2D eigenvalue weighted by Gasteiger charge is -2.41. The maximum Gasteiger partial charge on any atom is 0.274 e. The molecule has 3 aromatic heterocycles. The normalized spacial score (nSPS) is 15.6. The molecule has 1 aliphatic rings. The van der Waals surface area contributed by atoms with Crippen LogP contribution in [-0.2, 0) is 5.41 Å². The Labute approximate surface area is 186 Å². The van der Waals surface area contributed by atoms with Crippen LogP contribution in [0.4, 0.5) is 0 Å². The quantitative estimate of drug-likeness (QED) is 0.485. The Morgan fingerprint density at radius 3 is 2.59 bits per heavy atom. The Morgan fingerprint density at radius 2 is 1.88 bits per heavy atom. The van der Waals surface area contributed by atoms with Crippen LogP contribution in [0.15, 0.2) is 73.2 Å². The maximum absolute atomic E-state index is 12.9. The Kier molecular flexibility index (Phi) is 5.31. The number of carbonyl (C=O) groups is 1. The SMILES string of the molecule is CCOc1cccn2cc(C3(c4ccccc4)CCN(C(=O)c4cccnn4)CC3)nc12. The summed E-state index contributed by atoms with van der Waals surface area (Å²) in [4.78, 5) is 19.8. The molecule has 4 aromatic rings. The standard InChI is InChI=1S/C25H25N5O2/c1-2-32-21-11-7-15-30-18-22(27-23(21)30)25(19-8-4-3-5-9-19)12-16-29(17-13-25)24(31)20-10-6-14-26-28-20/h3-11,14-15,18H,2,12-13,16-17H2,1H3. The average Bonchev–Trinajstić information content (AvgIpc) is 3.31. The van der Waals surface area contributed by atoms with Gasteiger partial charge in [-0.2, -0.15) is 5.10 Å². The Hall–Kier alpha value is -3.74. The first-order valence-corrected chi connectivity index (χ1v) is 10.9. The molecule has 7 nitrogen and oxygen atoms in total. The van der Waals surface area contributed by atoms with Gasteiger partial charge in [0.15, 0.2) is 17.1 Å². The van der Waals surface area contributed by atoms with Crippen LogP contribution in [0.3, 0.4) is 0 Å². The summed E-state index contributed by atoms with van der Waals surface area (Å²) < 4.78 is 7.84. The molecular weight excluding hydrogens is 402 g/mol. The molecule has 4 heterocycles. The van der Waals surface area contributed by atoms with Crippen LogP contribution in [0, 0.1) is 0 Å². The van der Waals surface area contributed by atoms with Crippen molar-refractivity contribution in [3.8, 4) is 5.75 Å². The summed E-state index contributed by atoms with van der Waals surface area (Å²) in [5.74, 6) is 0.702. The van der Waals surface area contributed by atoms with E-state index in [1.54, 1.807) is 18.3 Å². The van der Waals surface area contributed by atoms with Crippen LogP contribution in [-0.4, -0.2) is 50.1 Å². The number of fused-ring (bicyclic) bond motifs is 1. The molecule has 7 heteroatoms. The predicted octanol–water partition coefficient (Wildman–Crippen LogP) is 3.75. The third kappa shape index (κ3) is 3.49. The summed E-state index contributed by atoms with van der Waals surface area (Å²) in [6.45, 7) is 3.81. The van der Waals surface area contributed by atoms with Gasteiger partial charge in [0, 0.05) is 37.1 Å². The fourth-order valence-electron chi connectivity index (χ4n) is 4.60. The summed E-state index contributed by atoms with van der Waals surface area (Å²) in [5, 5.41) is 7.84. The number of ether oxygens (including phenoxy) is 1. The average molecular weight is 428 g/mol. The number of imidazole rings is 1. The molecule has 0 spiro atoms. The number of pyridine rings is 1. The van der Waals surface area contributed by atoms with Crippen LogP contribution in [0.5, 0.6) is 5.75 Å². The molecular formula is C25H25N5O2. The van der Waals surface area contributed by atoms with E-state index in [4.69, 9.17) is 9.72 Å². The molecule has 0 atom stereocenters. The van der Waals surface area contributed by atoms with Crippen molar-refractivity contribution in [1.29, 1.82) is 0 Å². The largest absolute Gasteiger partial charge is 0.490 e. The van der Waals surface area contributed by atoms with Gasteiger partial charge in [-0.1, -0.05) is 30.3 Å². The number of hydrogen-bond acceptors (Lipinski definition) is 5. The molecule has 5 rings (SSSR count). The lowest BCUT2D eigenvalue weighted by atomic mass is 9.70. The number of piperidine rings is 1. The van der Waals surface area contributed by atoms with Crippen LogP contribution < -0.4 is 4.74 Å². The van der Waals surface area contributed by atoms with E-state index in [1.165, 1.54) is 5.56 Å². The molecule has 1 aromatic carbocycles. The second kappa shape index (κ2) is 8.42. The third-order valence-corrected chi connectivity index (χ3v) is 6.26. The first-order valence-electron chi connectivity index (χ1n) is 10.9. The van der Waals surface area contributed by atoms with Crippen molar-refractivity contribution in [3.05, 3.63) is 90.1 Å². The summed E-state index contributed by atoms with van der Waals surface area (Å²) in [7, 11) is 0. The van der Waals surface area contributed by atoms with Crippen molar-refractivity contribution in [3.63, 3.8) is 0 Å². The predicted molar refractivity (Wildman–Crippen MR) is 121 cm³/mol. The van der Waals surface area contributed by atoms with Gasteiger partial charge in [0.05, 0.1) is 12.3 Å². The van der Waals surface area contributed by atoms with E-state index in [0.29, 0.717) is 25.4 Å². The minimum Gasteiger partial charge on any atom is -0.490 e. The Bertz CT molecular complexity index is 1220. The van der Waals surface area contributed by atoms with E-state index in [2.05, 4.69) is 40.7 Å². The summed E-state index contributed by atoms with van der Waals surface area (Å²) in [5.41, 5.74) is 3.14. The number of amides is 1. The molecule has 162 valence electrons. The van der Waals surface area contributed by atoms with E-state index < -0.39 is 0 Å². The zero-order chi connectivity index (χ0) is 22.0. The van der Waals surface area contributed by atoms with Gasteiger partial charge in [-0.3, -0.25) is 4.79 Å². The monoisotopic (exact) mass is 427 g/mol. The first kappa shape index (κ1) is 20.2. The zero-order valence-corrected chi connectivity index (χ0v) is 18.0. The number of carbonyl (C=O) groups excluding carboxylic acids is 1. The van der Waals surface area contributed by atoms with E-state index in [-0.39, 0.29) is 11.3 Å². The number of hydrogen-bond donors (Lipinski definition) is 0. The number of nitrogens with zero attached hydrogens (tertiary/aromatic N) is 5. The maximum atomic E-state index is 12.9. The summed E-state index contributed by atoms with van der Waals surface area (Å²) >= 11 is 0. The topological polar surface area (TPSA) is 72.6 Å². The second-order valence-electron chi connectivity index (χ2n) is 8.01. The van der Waals surface area contributed by atoms with Crippen LogP contribution in [0.2, 0.25) is 0 Å². The van der Waals surface area contributed by atoms with Crippen molar-refractivity contribution in [2.75, 3.05) is 19.7 Å². The fourth-order valence-corrected chi connectivity index (χ4v) is 4.60. The van der Waals surface area contributed by atoms with E-state index in [9.17, 15) is 4.79 Å². The van der Waals surface area contributed by atoms with E-state index in [0.717, 1.165) is 29.9 Å². The van der Waals surface area contributed by atoms with Crippen LogP contribution >= 0.6 is 0 Å². The highest BCUT2D eigenvalue weighted by Crippen LogP contribution is 2.42. The van der Waals surface area contributed by atoms with Crippen LogP contribution in [0.25, 0.3) is 5.65 Å². The van der Waals surface area contributed by atoms with Crippen molar-refractivity contribution in [2.45, 2.75) is 25.2 Å². The van der Waals surface area contributed by atoms with Crippen molar-refractivity contribution >= 4 is 11.6 Å². The van der Waals surface area contributed by atoms with Gasteiger partial charge >= 0.3 is 0 Å². The highest BCUT2D eigenvalue weighted by molar-refractivity contribution is 5.92. The molecule has 0 aliphatic carbocycles. The Morgan fingerprint density at radius 1 is 1.06 bits per heavy atom. The molecule has 1 fully saturated rings. The minimum absolute atomic E-state index is 0.0756. The Balaban J connectivity index is 1.51. The fraction of sp³-hybridized carbons (Fsp3) is 0.280. The van der Waals surface area contributed by atoms with Crippen molar-refractivity contribution in [1.82, 2.24) is 24.5 Å². The number of benzene rings is 1. The lowest BCUT2D eigenvalue weighted by Crippen LogP contribution is -2.46. The molecule has 0 bridgehead atoms. The molecule has 0 N–H and O–H groups in total. The van der Waals surface area contributed by atoms with Crippen molar-refractivity contribution in [2.24, 2.45) is 0 Å². The summed E-state index contributed by atoms with van der Waals surface area (Å²) in [6, 6.07) is 17.9. The molecule has 1 amide bonds. The molecule has 1 saturated heterocycles. The van der Waals surface area contributed by atoms with Gasteiger partial charge in [0.25, 0.3) is 5.91 Å². The highest BCUT2D eigenvalue weighted by Gasteiger charge is 2.41. The van der Waals surface area contributed by atoms with Crippen molar-refractivity contribution < 1.29 is 9.53 Å². The minimum atomic E-state index is -0.282. The first-order chi connectivity index (χ1) is 15.7. The molecule has 0 saturated carbocycles. The van der Waals surface area contributed by atoms with Gasteiger partial charge in [-0.15, -0.1) is 5.10 Å². The molecule has 1 aliphatic heterocycles. The summed E-state index contributed by atoms with van der Waals surface area (Å²) in [6.07, 6.45) is 7.23. The number of aromatic nitrogens is 4. The van der Waals surface area contributed by atoms with Crippen LogP contribution in [0.1, 0.15) is 41.5 Å². The van der Waals surface area contributed by atoms with Gasteiger partial charge in [-0.05, 0) is 49.6 Å². The van der Waals surface area contributed by atoms with Gasteiger partial charge in [-0.25, -0.2) is 4.98 Å². The van der Waals surface area contributed by atoms with Gasteiger partial charge in [0.2, 0.25) is 0 Å². The zero-order valence-electron chi connectivity index (χ0n) is 18.0. The van der Waals surface area contributed by atoms with Gasteiger partial charge < -0.3 is 14.0 Å². The third-order valence-electron chi connectivity index (χ3n) is 6.26. The van der Waals surface area contributed by atoms with Gasteiger partial charge in [0.1, 0.15) is 0 Å². The number of likely N-dealkylation sites (tertiary alicyclic amines) is 1. The van der Waals surface area contributed by atoms with E-state index >= 15 is 0 Å². The van der Waals surface area contributed by atoms with E-state index in [1.807, 2.05) is 40.6 Å². The lowest BCUT2D eigenvalue weighted by molar-refractivity contribution is 0.0677. The highest BCUT2D eigenvalue weighted by atomic mass is 16.5. The number of rotatable bonds is 5. The smallest absolute Gasteiger partial charge is 0.274 e. The molecule has 0 unspecified atom stereocenters. The molecule has 32 heavy (non-hydrogen) atoms.